The molecule has 0 unspecified atom stereocenters. The zero-order valence-electron chi connectivity index (χ0n) is 15.0. The van der Waals surface area contributed by atoms with Gasteiger partial charge in [0, 0.05) is 31.2 Å². The van der Waals surface area contributed by atoms with E-state index in [1.54, 1.807) is 18.6 Å². The van der Waals surface area contributed by atoms with Crippen LogP contribution in [-0.2, 0) is 11.2 Å². The van der Waals surface area contributed by atoms with Crippen molar-refractivity contribution < 1.29 is 9.32 Å². The SMILES string of the molecule is CCc1ccc(NC(=O)CN2CC(c3nc(-c4cnccn4)no3)C2)cc1. The van der Waals surface area contributed by atoms with Crippen molar-refractivity contribution in [2.75, 3.05) is 25.0 Å². The number of likely N-dealkylation sites (tertiary alicyclic amines) is 1. The summed E-state index contributed by atoms with van der Waals surface area (Å²) < 4.78 is 5.34. The second kappa shape index (κ2) is 7.63. The molecule has 2 aromatic heterocycles. The lowest BCUT2D eigenvalue weighted by atomic mass is 10.0. The van der Waals surface area contributed by atoms with E-state index in [-0.39, 0.29) is 11.8 Å². The maximum absolute atomic E-state index is 12.2. The van der Waals surface area contributed by atoms with Crippen LogP contribution in [0.15, 0.2) is 47.4 Å². The van der Waals surface area contributed by atoms with E-state index in [9.17, 15) is 4.79 Å². The van der Waals surface area contributed by atoms with Gasteiger partial charge in [-0.15, -0.1) is 0 Å². The fourth-order valence-corrected chi connectivity index (χ4v) is 3.00. The lowest BCUT2D eigenvalue weighted by Gasteiger charge is -2.36. The van der Waals surface area contributed by atoms with Crippen molar-refractivity contribution in [2.24, 2.45) is 0 Å². The Morgan fingerprint density at radius 1 is 1.26 bits per heavy atom. The van der Waals surface area contributed by atoms with Crippen molar-refractivity contribution in [1.29, 1.82) is 0 Å². The highest BCUT2D eigenvalue weighted by atomic mass is 16.5. The van der Waals surface area contributed by atoms with Crippen molar-refractivity contribution in [3.63, 3.8) is 0 Å². The third-order valence-electron chi connectivity index (χ3n) is 4.55. The van der Waals surface area contributed by atoms with E-state index in [2.05, 4.69) is 32.3 Å². The Hall–Kier alpha value is -3.13. The summed E-state index contributed by atoms with van der Waals surface area (Å²) in [7, 11) is 0. The number of anilines is 1. The second-order valence-electron chi connectivity index (χ2n) is 6.54. The van der Waals surface area contributed by atoms with Crippen molar-refractivity contribution in [3.05, 3.63) is 54.3 Å². The molecule has 0 atom stereocenters. The van der Waals surface area contributed by atoms with Crippen LogP contribution < -0.4 is 5.32 Å². The van der Waals surface area contributed by atoms with E-state index in [0.29, 0.717) is 37.0 Å². The number of aromatic nitrogens is 4. The molecule has 0 radical (unpaired) electrons. The lowest BCUT2D eigenvalue weighted by molar-refractivity contribution is -0.118. The van der Waals surface area contributed by atoms with Gasteiger partial charge in [-0.1, -0.05) is 24.2 Å². The first-order chi connectivity index (χ1) is 13.2. The van der Waals surface area contributed by atoms with Crippen LogP contribution in [0.5, 0.6) is 0 Å². The van der Waals surface area contributed by atoms with E-state index in [4.69, 9.17) is 4.52 Å². The Balaban J connectivity index is 1.27. The molecule has 1 aliphatic heterocycles. The van der Waals surface area contributed by atoms with Crippen LogP contribution in [0.2, 0.25) is 0 Å². The smallest absolute Gasteiger partial charge is 0.238 e. The minimum atomic E-state index is -0.0246. The molecule has 0 aliphatic carbocycles. The molecule has 1 saturated heterocycles. The van der Waals surface area contributed by atoms with Gasteiger partial charge >= 0.3 is 0 Å². The summed E-state index contributed by atoms with van der Waals surface area (Å²) in [4.78, 5) is 26.8. The molecule has 0 spiro atoms. The topological polar surface area (TPSA) is 97.0 Å². The van der Waals surface area contributed by atoms with Crippen molar-refractivity contribution in [2.45, 2.75) is 19.3 Å². The normalized spacial score (nSPS) is 14.7. The number of carbonyl (C=O) groups excluding carboxylic acids is 1. The molecule has 4 rings (SSSR count). The molecule has 1 fully saturated rings. The van der Waals surface area contributed by atoms with Gasteiger partial charge in [0.15, 0.2) is 0 Å². The Labute approximate surface area is 156 Å². The predicted molar refractivity (Wildman–Crippen MR) is 99.0 cm³/mol. The maximum Gasteiger partial charge on any atom is 0.238 e. The number of hydrogen-bond donors (Lipinski definition) is 1. The van der Waals surface area contributed by atoms with Gasteiger partial charge in [0.25, 0.3) is 0 Å². The molecule has 1 N–H and O–H groups in total. The van der Waals surface area contributed by atoms with Crippen molar-refractivity contribution in [1.82, 2.24) is 25.0 Å². The van der Waals surface area contributed by atoms with Gasteiger partial charge in [-0.2, -0.15) is 4.98 Å². The first kappa shape index (κ1) is 17.3. The molecule has 3 aromatic rings. The maximum atomic E-state index is 12.2. The summed E-state index contributed by atoms with van der Waals surface area (Å²) in [5.41, 5.74) is 2.65. The highest BCUT2D eigenvalue weighted by molar-refractivity contribution is 5.92. The summed E-state index contributed by atoms with van der Waals surface area (Å²) in [6.45, 7) is 3.87. The van der Waals surface area contributed by atoms with Gasteiger partial charge in [-0.25, -0.2) is 4.98 Å². The number of carbonyl (C=O) groups is 1. The van der Waals surface area contributed by atoms with Crippen LogP contribution in [0.1, 0.15) is 24.3 Å². The predicted octanol–water partition coefficient (Wildman–Crippen LogP) is 2.13. The average molecular weight is 364 g/mol. The molecule has 8 heteroatoms. The Bertz CT molecular complexity index is 903. The molecule has 3 heterocycles. The minimum absolute atomic E-state index is 0.0246. The fraction of sp³-hybridized carbons (Fsp3) is 0.316. The molecule has 1 aromatic carbocycles. The molecule has 0 bridgehead atoms. The first-order valence-corrected chi connectivity index (χ1v) is 8.92. The fourth-order valence-electron chi connectivity index (χ4n) is 3.00. The quantitative estimate of drug-likeness (QED) is 0.715. The van der Waals surface area contributed by atoms with Crippen LogP contribution >= 0.6 is 0 Å². The summed E-state index contributed by atoms with van der Waals surface area (Å²) in [6.07, 6.45) is 5.76. The number of nitrogens with one attached hydrogen (secondary N) is 1. The molecule has 1 aliphatic rings. The van der Waals surface area contributed by atoms with Crippen LogP contribution in [0.25, 0.3) is 11.5 Å². The number of aryl methyl sites for hydroxylation is 1. The van der Waals surface area contributed by atoms with Crippen LogP contribution in [0.4, 0.5) is 5.69 Å². The van der Waals surface area contributed by atoms with E-state index in [1.165, 1.54) is 5.56 Å². The average Bonchev–Trinajstić information content (AvgIpc) is 3.15. The van der Waals surface area contributed by atoms with Gasteiger partial charge in [-0.3, -0.25) is 14.7 Å². The van der Waals surface area contributed by atoms with Crippen LogP contribution in [0.3, 0.4) is 0 Å². The molecule has 1 amide bonds. The summed E-state index contributed by atoms with van der Waals surface area (Å²) >= 11 is 0. The van der Waals surface area contributed by atoms with Crippen LogP contribution in [0, 0.1) is 0 Å². The van der Waals surface area contributed by atoms with Gasteiger partial charge < -0.3 is 9.84 Å². The van der Waals surface area contributed by atoms with Gasteiger partial charge in [0.2, 0.25) is 17.6 Å². The highest BCUT2D eigenvalue weighted by Crippen LogP contribution is 2.26. The molecule has 0 saturated carbocycles. The van der Waals surface area contributed by atoms with Gasteiger partial charge in [-0.05, 0) is 24.1 Å². The minimum Gasteiger partial charge on any atom is -0.339 e. The van der Waals surface area contributed by atoms with E-state index in [1.807, 2.05) is 29.2 Å². The number of rotatable bonds is 6. The Kier molecular flexibility index (Phi) is 4.88. The highest BCUT2D eigenvalue weighted by Gasteiger charge is 2.33. The zero-order chi connectivity index (χ0) is 18.6. The standard InChI is InChI=1S/C19H20N6O2/c1-2-13-3-5-15(6-4-13)22-17(26)12-25-10-14(11-25)19-23-18(24-27-19)16-9-20-7-8-21-16/h3-9,14H,2,10-12H2,1H3,(H,22,26). The Morgan fingerprint density at radius 2 is 2.07 bits per heavy atom. The van der Waals surface area contributed by atoms with E-state index >= 15 is 0 Å². The molecular weight excluding hydrogens is 344 g/mol. The monoisotopic (exact) mass is 364 g/mol. The third-order valence-corrected chi connectivity index (χ3v) is 4.55. The van der Waals surface area contributed by atoms with Crippen LogP contribution in [-0.4, -0.2) is 50.5 Å². The van der Waals surface area contributed by atoms with E-state index in [0.717, 1.165) is 12.1 Å². The summed E-state index contributed by atoms with van der Waals surface area (Å²) in [6, 6.07) is 7.92. The number of nitrogens with zero attached hydrogens (tertiary/aromatic N) is 5. The first-order valence-electron chi connectivity index (χ1n) is 8.92. The lowest BCUT2D eigenvalue weighted by Crippen LogP contribution is -2.48. The summed E-state index contributed by atoms with van der Waals surface area (Å²) in [5, 5.41) is 6.88. The molecular formula is C19H20N6O2. The van der Waals surface area contributed by atoms with Gasteiger partial charge in [0.05, 0.1) is 18.7 Å². The largest absolute Gasteiger partial charge is 0.339 e. The van der Waals surface area contributed by atoms with E-state index < -0.39 is 0 Å². The van der Waals surface area contributed by atoms with Crippen molar-refractivity contribution >= 4 is 11.6 Å². The molecule has 8 nitrogen and oxygen atoms in total. The number of benzene rings is 1. The number of amides is 1. The number of hydrogen-bond acceptors (Lipinski definition) is 7. The van der Waals surface area contributed by atoms with Crippen molar-refractivity contribution in [3.8, 4) is 11.5 Å². The Morgan fingerprint density at radius 3 is 2.78 bits per heavy atom. The summed E-state index contributed by atoms with van der Waals surface area (Å²) in [5.74, 6) is 1.12. The second-order valence-corrected chi connectivity index (χ2v) is 6.54. The third kappa shape index (κ3) is 4.01. The molecule has 27 heavy (non-hydrogen) atoms. The van der Waals surface area contributed by atoms with Gasteiger partial charge in [0.1, 0.15) is 5.69 Å². The molecule has 138 valence electrons. The zero-order valence-corrected chi connectivity index (χ0v) is 15.0.